The quantitative estimate of drug-likeness (QED) is 0.191. The third kappa shape index (κ3) is 4.06. The van der Waals surface area contributed by atoms with Crippen molar-refractivity contribution in [1.82, 2.24) is 9.97 Å². The van der Waals surface area contributed by atoms with Gasteiger partial charge >= 0.3 is 0 Å². The summed E-state index contributed by atoms with van der Waals surface area (Å²) >= 11 is 1.77. The summed E-state index contributed by atoms with van der Waals surface area (Å²) in [6.07, 6.45) is 0. The molecule has 2 aromatic heterocycles. The number of nitrogens with zero attached hydrogens (tertiary/aromatic N) is 2. The molecule has 2 nitrogen and oxygen atoms in total. The lowest BCUT2D eigenvalue weighted by Crippen LogP contribution is -2.16. The van der Waals surface area contributed by atoms with Gasteiger partial charge in [0.25, 0.3) is 0 Å². The first-order chi connectivity index (χ1) is 23.8. The van der Waals surface area contributed by atoms with Crippen LogP contribution in [0.2, 0.25) is 0 Å². The molecule has 0 bridgehead atoms. The number of rotatable bonds is 3. The summed E-state index contributed by atoms with van der Waals surface area (Å²) in [7, 11) is 0. The zero-order valence-corrected chi connectivity index (χ0v) is 28.8. The van der Waals surface area contributed by atoms with Crippen LogP contribution < -0.4 is 0 Å². The minimum Gasteiger partial charge on any atom is -0.226 e. The predicted molar refractivity (Wildman–Crippen MR) is 206 cm³/mol. The summed E-state index contributed by atoms with van der Waals surface area (Å²) in [5.41, 5.74) is 17.7. The maximum atomic E-state index is 5.18. The van der Waals surface area contributed by atoms with E-state index < -0.39 is 0 Å². The Hall–Kier alpha value is -5.38. The lowest BCUT2D eigenvalue weighted by atomic mass is 9.79. The Morgan fingerprint density at radius 1 is 0.449 bits per heavy atom. The van der Waals surface area contributed by atoms with Crippen molar-refractivity contribution < 1.29 is 0 Å². The average molecular weight is 647 g/mol. The van der Waals surface area contributed by atoms with E-state index in [1.807, 2.05) is 18.2 Å². The first-order valence-corrected chi connectivity index (χ1v) is 17.9. The first-order valence-electron chi connectivity index (χ1n) is 17.1. The minimum absolute atomic E-state index is 0.0253. The molecule has 3 heteroatoms. The molecule has 8 aromatic rings. The molecule has 234 valence electrons. The lowest BCUT2D eigenvalue weighted by molar-refractivity contribution is 0.652. The summed E-state index contributed by atoms with van der Waals surface area (Å²) < 4.78 is 2.36. The third-order valence-electron chi connectivity index (χ3n) is 11.1. The van der Waals surface area contributed by atoms with E-state index in [1.165, 1.54) is 65.7 Å². The van der Waals surface area contributed by atoms with E-state index in [0.29, 0.717) is 0 Å². The summed E-state index contributed by atoms with van der Waals surface area (Å²) in [6, 6.07) is 48.8. The van der Waals surface area contributed by atoms with Crippen molar-refractivity contribution in [1.29, 1.82) is 0 Å². The van der Waals surface area contributed by atoms with Crippen LogP contribution in [0.4, 0.5) is 0 Å². The molecule has 0 saturated heterocycles. The van der Waals surface area contributed by atoms with Gasteiger partial charge in [-0.05, 0) is 79.9 Å². The van der Waals surface area contributed by atoms with E-state index in [0.717, 1.165) is 32.9 Å². The molecule has 0 aliphatic heterocycles. The molecule has 0 radical (unpaired) electrons. The van der Waals surface area contributed by atoms with Crippen molar-refractivity contribution in [2.45, 2.75) is 38.5 Å². The predicted octanol–water partition coefficient (Wildman–Crippen LogP) is 12.5. The van der Waals surface area contributed by atoms with Crippen LogP contribution in [-0.2, 0) is 10.8 Å². The van der Waals surface area contributed by atoms with E-state index >= 15 is 0 Å². The van der Waals surface area contributed by atoms with Gasteiger partial charge in [0.2, 0.25) is 0 Å². The first kappa shape index (κ1) is 28.6. The fourth-order valence-corrected chi connectivity index (χ4v) is 9.60. The van der Waals surface area contributed by atoms with Gasteiger partial charge in [-0.3, -0.25) is 0 Å². The van der Waals surface area contributed by atoms with Crippen LogP contribution in [0.3, 0.4) is 0 Å². The van der Waals surface area contributed by atoms with Crippen LogP contribution in [0.25, 0.3) is 76.3 Å². The van der Waals surface area contributed by atoms with Crippen molar-refractivity contribution in [3.63, 3.8) is 0 Å². The molecule has 6 aromatic carbocycles. The third-order valence-corrected chi connectivity index (χ3v) is 12.3. The number of fused-ring (bicyclic) bond motifs is 9. The van der Waals surface area contributed by atoms with E-state index in [1.54, 1.807) is 11.3 Å². The van der Waals surface area contributed by atoms with E-state index in [2.05, 4.69) is 143 Å². The molecule has 0 atom stereocenters. The molecule has 0 spiro atoms. The Balaban J connectivity index is 1.08. The molecule has 2 aliphatic rings. The zero-order chi connectivity index (χ0) is 33.1. The highest BCUT2D eigenvalue weighted by atomic mass is 32.1. The number of hydrogen-bond donors (Lipinski definition) is 0. The second-order valence-electron chi connectivity index (χ2n) is 14.6. The van der Waals surface area contributed by atoms with Gasteiger partial charge < -0.3 is 0 Å². The molecule has 0 N–H and O–H groups in total. The summed E-state index contributed by atoms with van der Waals surface area (Å²) in [5, 5.41) is 1.18. The van der Waals surface area contributed by atoms with Crippen LogP contribution in [0.5, 0.6) is 0 Å². The van der Waals surface area contributed by atoms with Crippen LogP contribution in [0.1, 0.15) is 49.9 Å². The highest BCUT2D eigenvalue weighted by Gasteiger charge is 2.41. The standard InChI is InChI=1S/C46H34N2S/c1-45(2)36-16-10-8-14-31(36)34-25-39-35(26-38(34)45)33-24-30(22-23-37(33)46(39,3)4)27-18-20-28(21-19-27)41-43-42(32-15-9-11-17-40(32)49-43)48-44(47-41)29-12-6-5-7-13-29/h5-26H,1-4H3. The SMILES string of the molecule is CC1(C)c2ccccc2-c2cc3c(cc21)-c1cc(-c2ccc(-c4nc(-c5ccccc5)nc5c4sc4ccccc45)cc2)ccc1C3(C)C. The Labute approximate surface area is 290 Å². The average Bonchev–Trinajstić information content (AvgIpc) is 3.70. The highest BCUT2D eigenvalue weighted by molar-refractivity contribution is 7.26. The van der Waals surface area contributed by atoms with Gasteiger partial charge in [-0.15, -0.1) is 11.3 Å². The maximum Gasteiger partial charge on any atom is 0.160 e. The largest absolute Gasteiger partial charge is 0.226 e. The van der Waals surface area contributed by atoms with Gasteiger partial charge in [-0.1, -0.05) is 137 Å². The number of aromatic nitrogens is 2. The van der Waals surface area contributed by atoms with Gasteiger partial charge in [-0.2, -0.15) is 0 Å². The normalized spacial score (nSPS) is 14.9. The van der Waals surface area contributed by atoms with Crippen molar-refractivity contribution in [2.24, 2.45) is 0 Å². The zero-order valence-electron chi connectivity index (χ0n) is 28.0. The Morgan fingerprint density at radius 3 is 1.82 bits per heavy atom. The van der Waals surface area contributed by atoms with Crippen molar-refractivity contribution in [3.05, 3.63) is 156 Å². The lowest BCUT2D eigenvalue weighted by Gasteiger charge is -2.24. The van der Waals surface area contributed by atoms with E-state index in [-0.39, 0.29) is 10.8 Å². The number of thiophene rings is 1. The number of hydrogen-bond acceptors (Lipinski definition) is 3. The van der Waals surface area contributed by atoms with Crippen LogP contribution >= 0.6 is 11.3 Å². The molecular weight excluding hydrogens is 613 g/mol. The molecule has 0 fully saturated rings. The van der Waals surface area contributed by atoms with Gasteiger partial charge in [0, 0.05) is 32.0 Å². The maximum absolute atomic E-state index is 5.18. The molecular formula is C46H34N2S. The fraction of sp³-hybridized carbons (Fsp3) is 0.130. The minimum atomic E-state index is -0.0666. The van der Waals surface area contributed by atoms with Gasteiger partial charge in [0.1, 0.15) is 0 Å². The molecule has 0 amide bonds. The highest BCUT2D eigenvalue weighted by Crippen LogP contribution is 2.56. The molecule has 2 aliphatic carbocycles. The second-order valence-corrected chi connectivity index (χ2v) is 15.7. The van der Waals surface area contributed by atoms with Crippen molar-refractivity contribution in [3.8, 4) is 56.0 Å². The van der Waals surface area contributed by atoms with Gasteiger partial charge in [0.05, 0.1) is 15.9 Å². The topological polar surface area (TPSA) is 25.8 Å². The van der Waals surface area contributed by atoms with Crippen LogP contribution in [-0.4, -0.2) is 9.97 Å². The van der Waals surface area contributed by atoms with Crippen LogP contribution in [0, 0.1) is 0 Å². The monoisotopic (exact) mass is 646 g/mol. The Morgan fingerprint density at radius 2 is 1.04 bits per heavy atom. The molecule has 49 heavy (non-hydrogen) atoms. The van der Waals surface area contributed by atoms with Gasteiger partial charge in [-0.25, -0.2) is 9.97 Å². The molecule has 2 heterocycles. The fourth-order valence-electron chi connectivity index (χ4n) is 8.45. The molecule has 10 rings (SSSR count). The van der Waals surface area contributed by atoms with Crippen molar-refractivity contribution in [2.75, 3.05) is 0 Å². The van der Waals surface area contributed by atoms with Gasteiger partial charge in [0.15, 0.2) is 5.82 Å². The summed E-state index contributed by atoms with van der Waals surface area (Å²) in [4.78, 5) is 10.3. The van der Waals surface area contributed by atoms with Crippen LogP contribution in [0.15, 0.2) is 133 Å². The Kier molecular flexibility index (Phi) is 5.88. The smallest absolute Gasteiger partial charge is 0.160 e. The number of benzene rings is 6. The summed E-state index contributed by atoms with van der Waals surface area (Å²) in [6.45, 7) is 9.50. The summed E-state index contributed by atoms with van der Waals surface area (Å²) in [5.74, 6) is 0.758. The van der Waals surface area contributed by atoms with Crippen molar-refractivity contribution >= 4 is 31.6 Å². The molecule has 0 saturated carbocycles. The second kappa shape index (κ2) is 10.1. The Bertz CT molecular complexity index is 2640. The molecule has 0 unspecified atom stereocenters. The van der Waals surface area contributed by atoms with E-state index in [4.69, 9.17) is 9.97 Å². The van der Waals surface area contributed by atoms with E-state index in [9.17, 15) is 0 Å².